The first-order valence-electron chi connectivity index (χ1n) is 12.0. The summed E-state index contributed by atoms with van der Waals surface area (Å²) in [5, 5.41) is 25.8. The molecule has 1 saturated heterocycles. The van der Waals surface area contributed by atoms with Gasteiger partial charge < -0.3 is 38.4 Å². The van der Waals surface area contributed by atoms with E-state index in [-0.39, 0.29) is 40.4 Å². The number of rotatable bonds is 9. The van der Waals surface area contributed by atoms with Crippen LogP contribution in [0.2, 0.25) is 0 Å². The van der Waals surface area contributed by atoms with Crippen molar-refractivity contribution in [3.8, 4) is 23.8 Å². The lowest BCUT2D eigenvalue weighted by molar-refractivity contribution is -0.311. The van der Waals surface area contributed by atoms with Gasteiger partial charge in [-0.2, -0.15) is 5.48 Å². The first kappa shape index (κ1) is 29.7. The number of nitrogens with zero attached hydrogens (tertiary/aromatic N) is 1. The van der Waals surface area contributed by atoms with Gasteiger partial charge in [-0.25, -0.2) is 9.59 Å². The van der Waals surface area contributed by atoms with Gasteiger partial charge in [-0.15, -0.1) is 6.42 Å². The third-order valence-electron chi connectivity index (χ3n) is 6.49. The van der Waals surface area contributed by atoms with Crippen LogP contribution in [0.4, 0.5) is 4.79 Å². The van der Waals surface area contributed by atoms with Crippen molar-refractivity contribution < 1.29 is 48.0 Å². The predicted molar refractivity (Wildman–Crippen MR) is 137 cm³/mol. The standard InChI is InChI=1S/C26H32N2O11/c1-8-12-35-28-25(32)38-21-19(30)24(39-26(5,9-2)22(21)33-6)36-16-11-10-15-18(29)17(14(4)27-34-7)23(31)37-20(15)13(16)3/h1,10-11,19,21-22,24,29-30H,9,12H2,2-7H3,(H,28,32)/b27-14+. The van der Waals surface area contributed by atoms with E-state index in [0.29, 0.717) is 12.0 Å². The maximum Gasteiger partial charge on any atom is 0.431 e. The van der Waals surface area contributed by atoms with Gasteiger partial charge in [0.1, 0.15) is 42.5 Å². The lowest BCUT2D eigenvalue weighted by atomic mass is 9.86. The minimum Gasteiger partial charge on any atom is -0.506 e. The second kappa shape index (κ2) is 12.4. The second-order valence-electron chi connectivity index (χ2n) is 8.92. The molecule has 1 aromatic heterocycles. The van der Waals surface area contributed by atoms with E-state index in [4.69, 9.17) is 39.5 Å². The summed E-state index contributed by atoms with van der Waals surface area (Å²) in [6.07, 6.45) is -0.466. The molecule has 1 amide bonds. The van der Waals surface area contributed by atoms with E-state index >= 15 is 0 Å². The van der Waals surface area contributed by atoms with Gasteiger partial charge in [0.25, 0.3) is 0 Å². The number of oxime groups is 1. The summed E-state index contributed by atoms with van der Waals surface area (Å²) in [7, 11) is 2.71. The number of aromatic hydroxyl groups is 1. The number of aliphatic hydroxyl groups is 1. The molecule has 1 aliphatic heterocycles. The molecule has 3 N–H and O–H groups in total. The molecular weight excluding hydrogens is 516 g/mol. The van der Waals surface area contributed by atoms with Crippen LogP contribution < -0.4 is 15.8 Å². The Morgan fingerprint density at radius 3 is 2.67 bits per heavy atom. The highest BCUT2D eigenvalue weighted by molar-refractivity contribution is 6.04. The number of fused-ring (bicyclic) bond motifs is 1. The Hall–Kier alpha value is -3.83. The predicted octanol–water partition coefficient (Wildman–Crippen LogP) is 2.12. The van der Waals surface area contributed by atoms with Crippen LogP contribution in [0.15, 0.2) is 26.5 Å². The Morgan fingerprint density at radius 1 is 1.33 bits per heavy atom. The second-order valence-corrected chi connectivity index (χ2v) is 8.92. The van der Waals surface area contributed by atoms with E-state index in [1.54, 1.807) is 13.8 Å². The monoisotopic (exact) mass is 548 g/mol. The van der Waals surface area contributed by atoms with Crippen molar-refractivity contribution in [2.75, 3.05) is 20.8 Å². The normalized spacial score (nSPS) is 25.1. The van der Waals surface area contributed by atoms with E-state index in [9.17, 15) is 19.8 Å². The molecule has 1 aliphatic rings. The molecule has 5 atom stereocenters. The highest BCUT2D eigenvalue weighted by Gasteiger charge is 2.54. The van der Waals surface area contributed by atoms with Crippen molar-refractivity contribution in [2.45, 2.75) is 64.3 Å². The molecule has 3 rings (SSSR count). The average molecular weight is 549 g/mol. The van der Waals surface area contributed by atoms with E-state index < -0.39 is 41.9 Å². The fraction of sp³-hybridized carbons (Fsp3) is 0.500. The zero-order valence-electron chi connectivity index (χ0n) is 22.5. The van der Waals surface area contributed by atoms with Gasteiger partial charge in [-0.1, -0.05) is 18.0 Å². The molecule has 2 heterocycles. The molecular formula is C26H32N2O11. The number of benzene rings is 1. The number of aliphatic hydroxyl groups excluding tert-OH is 1. The zero-order valence-corrected chi connectivity index (χ0v) is 22.5. The number of hydrogen-bond acceptors (Lipinski definition) is 12. The summed E-state index contributed by atoms with van der Waals surface area (Å²) in [6.45, 7) is 6.46. The lowest BCUT2D eigenvalue weighted by Crippen LogP contribution is -2.66. The number of carbonyl (C=O) groups excluding carboxylic acids is 1. The molecule has 5 unspecified atom stereocenters. The first-order valence-corrected chi connectivity index (χ1v) is 12.0. The van der Waals surface area contributed by atoms with Crippen LogP contribution >= 0.6 is 0 Å². The molecule has 39 heavy (non-hydrogen) atoms. The van der Waals surface area contributed by atoms with Gasteiger partial charge >= 0.3 is 11.7 Å². The zero-order chi connectivity index (χ0) is 28.9. The molecule has 1 fully saturated rings. The van der Waals surface area contributed by atoms with Gasteiger partial charge in [-0.3, -0.25) is 4.84 Å². The van der Waals surface area contributed by atoms with Crippen LogP contribution in [-0.2, 0) is 23.9 Å². The highest BCUT2D eigenvalue weighted by atomic mass is 16.7. The number of nitrogens with one attached hydrogen (secondary N) is 1. The summed E-state index contributed by atoms with van der Waals surface area (Å²) in [6, 6.07) is 3.00. The van der Waals surface area contributed by atoms with E-state index in [1.165, 1.54) is 33.3 Å². The molecule has 212 valence electrons. The molecule has 0 saturated carbocycles. The molecule has 0 aliphatic carbocycles. The van der Waals surface area contributed by atoms with Crippen LogP contribution in [-0.4, -0.2) is 73.0 Å². The number of carbonyl (C=O) groups is 1. The molecule has 0 spiro atoms. The fourth-order valence-electron chi connectivity index (χ4n) is 4.38. The SMILES string of the molecule is C#CCONC(=O)OC1C(O)C(Oc2ccc3c(O)c(/C(C)=N/OC)c(=O)oc3c2C)OC(C)(CC)C1OC. The van der Waals surface area contributed by atoms with Gasteiger partial charge in [0.15, 0.2) is 12.2 Å². The van der Waals surface area contributed by atoms with Crippen LogP contribution in [0.1, 0.15) is 38.3 Å². The minimum atomic E-state index is -1.52. The van der Waals surface area contributed by atoms with Crippen molar-refractivity contribution in [2.24, 2.45) is 5.16 Å². The third-order valence-corrected chi connectivity index (χ3v) is 6.49. The smallest absolute Gasteiger partial charge is 0.431 e. The largest absolute Gasteiger partial charge is 0.506 e. The maximum absolute atomic E-state index is 12.7. The number of hydroxylamine groups is 1. The summed E-state index contributed by atoms with van der Waals surface area (Å²) >= 11 is 0. The minimum absolute atomic E-state index is 0.0557. The van der Waals surface area contributed by atoms with Crippen LogP contribution in [0.3, 0.4) is 0 Å². The fourth-order valence-corrected chi connectivity index (χ4v) is 4.38. The van der Waals surface area contributed by atoms with Crippen molar-refractivity contribution in [1.82, 2.24) is 5.48 Å². The summed E-state index contributed by atoms with van der Waals surface area (Å²) in [4.78, 5) is 34.4. The van der Waals surface area contributed by atoms with Crippen molar-refractivity contribution in [1.29, 1.82) is 0 Å². The molecule has 0 bridgehead atoms. The Balaban J connectivity index is 1.97. The number of methoxy groups -OCH3 is 1. The van der Waals surface area contributed by atoms with E-state index in [2.05, 4.69) is 11.1 Å². The Kier molecular flexibility index (Phi) is 9.41. The summed E-state index contributed by atoms with van der Waals surface area (Å²) in [5.41, 5.74) is 0.538. The van der Waals surface area contributed by atoms with Crippen molar-refractivity contribution >= 4 is 22.8 Å². The van der Waals surface area contributed by atoms with E-state index in [0.717, 1.165) is 0 Å². The molecule has 0 radical (unpaired) electrons. The van der Waals surface area contributed by atoms with Crippen LogP contribution in [0.25, 0.3) is 11.0 Å². The third kappa shape index (κ3) is 5.94. The molecule has 2 aromatic rings. The lowest BCUT2D eigenvalue weighted by Gasteiger charge is -2.48. The Morgan fingerprint density at radius 2 is 2.05 bits per heavy atom. The molecule has 13 nitrogen and oxygen atoms in total. The Labute approximate surface area is 224 Å². The first-order chi connectivity index (χ1) is 18.5. The topological polar surface area (TPSA) is 168 Å². The van der Waals surface area contributed by atoms with Gasteiger partial charge in [0.05, 0.1) is 16.7 Å². The molecule has 1 aromatic carbocycles. The van der Waals surface area contributed by atoms with Crippen LogP contribution in [0.5, 0.6) is 11.5 Å². The summed E-state index contributed by atoms with van der Waals surface area (Å²) in [5.74, 6) is 2.03. The number of hydrogen-bond donors (Lipinski definition) is 3. The average Bonchev–Trinajstić information content (AvgIpc) is 2.89. The van der Waals surface area contributed by atoms with Gasteiger partial charge in [-0.05, 0) is 39.3 Å². The van der Waals surface area contributed by atoms with Crippen LogP contribution in [0, 0.1) is 19.3 Å². The van der Waals surface area contributed by atoms with Crippen molar-refractivity contribution in [3.05, 3.63) is 33.7 Å². The summed E-state index contributed by atoms with van der Waals surface area (Å²) < 4.78 is 28.6. The molecule has 13 heteroatoms. The van der Waals surface area contributed by atoms with Gasteiger partial charge in [0, 0.05) is 12.7 Å². The van der Waals surface area contributed by atoms with Crippen molar-refractivity contribution in [3.63, 3.8) is 0 Å². The number of terminal acetylenes is 1. The number of amides is 1. The number of ether oxygens (including phenoxy) is 4. The van der Waals surface area contributed by atoms with E-state index in [1.807, 2.05) is 12.4 Å². The quantitative estimate of drug-likeness (QED) is 0.138. The number of aryl methyl sites for hydroxylation is 1. The highest BCUT2D eigenvalue weighted by Crippen LogP contribution is 2.39. The van der Waals surface area contributed by atoms with Gasteiger partial charge in [0.2, 0.25) is 6.29 Å². The maximum atomic E-state index is 12.7. The Bertz CT molecular complexity index is 1330.